The molecule has 0 aliphatic heterocycles. The van der Waals surface area contributed by atoms with E-state index in [1.807, 2.05) is 39.8 Å². The minimum absolute atomic E-state index is 0.0166. The second-order valence-corrected chi connectivity index (χ2v) is 7.10. The van der Waals surface area contributed by atoms with Crippen molar-refractivity contribution < 1.29 is 14.3 Å². The quantitative estimate of drug-likeness (QED) is 0.414. The summed E-state index contributed by atoms with van der Waals surface area (Å²) in [6, 6.07) is 10.7. The highest BCUT2D eigenvalue weighted by atomic mass is 35.5. The van der Waals surface area contributed by atoms with Gasteiger partial charge in [0.25, 0.3) is 0 Å². The van der Waals surface area contributed by atoms with Gasteiger partial charge in [-0.25, -0.2) is 5.43 Å². The topological polar surface area (TPSA) is 79.8 Å². The van der Waals surface area contributed by atoms with Crippen molar-refractivity contribution in [1.82, 2.24) is 5.43 Å². The van der Waals surface area contributed by atoms with Gasteiger partial charge < -0.3 is 10.1 Å². The van der Waals surface area contributed by atoms with Gasteiger partial charge in [0.2, 0.25) is 11.8 Å². The third-order valence-electron chi connectivity index (χ3n) is 3.84. The Bertz CT molecular complexity index is 894. The van der Waals surface area contributed by atoms with Gasteiger partial charge in [-0.2, -0.15) is 5.10 Å². The highest BCUT2D eigenvalue weighted by molar-refractivity contribution is 6.30. The molecule has 0 aliphatic rings. The van der Waals surface area contributed by atoms with Crippen molar-refractivity contribution in [2.45, 2.75) is 40.2 Å². The normalized spacial score (nSPS) is 10.9. The summed E-state index contributed by atoms with van der Waals surface area (Å²) < 4.78 is 5.68. The van der Waals surface area contributed by atoms with Gasteiger partial charge in [-0.3, -0.25) is 9.59 Å². The van der Waals surface area contributed by atoms with Crippen LogP contribution >= 0.6 is 11.6 Å². The SMILES string of the molecule is Cc1ccc(NC(=O)CC(=O)NN=Cc2cc(Cl)ccc2OC(C)C)cc1C. The number of hydrazone groups is 1. The van der Waals surface area contributed by atoms with Gasteiger partial charge in [-0.1, -0.05) is 17.7 Å². The number of carbonyl (C=O) groups is 2. The Morgan fingerprint density at radius 2 is 1.86 bits per heavy atom. The van der Waals surface area contributed by atoms with E-state index in [1.54, 1.807) is 24.3 Å². The number of benzene rings is 2. The molecule has 2 aromatic carbocycles. The molecule has 2 amide bonds. The van der Waals surface area contributed by atoms with E-state index in [1.165, 1.54) is 6.21 Å². The van der Waals surface area contributed by atoms with Gasteiger partial charge in [0.15, 0.2) is 0 Å². The van der Waals surface area contributed by atoms with E-state index in [0.29, 0.717) is 22.0 Å². The molecule has 7 heteroatoms. The molecule has 0 heterocycles. The zero-order chi connectivity index (χ0) is 20.7. The number of amides is 2. The summed E-state index contributed by atoms with van der Waals surface area (Å²) in [6.45, 7) is 7.76. The summed E-state index contributed by atoms with van der Waals surface area (Å²) in [6.07, 6.45) is 1.08. The molecule has 148 valence electrons. The van der Waals surface area contributed by atoms with Crippen LogP contribution < -0.4 is 15.5 Å². The molecular formula is C21H24ClN3O3. The van der Waals surface area contributed by atoms with Crippen LogP contribution in [-0.2, 0) is 9.59 Å². The fourth-order valence-corrected chi connectivity index (χ4v) is 2.55. The van der Waals surface area contributed by atoms with Crippen LogP contribution in [0.15, 0.2) is 41.5 Å². The number of nitrogens with one attached hydrogen (secondary N) is 2. The van der Waals surface area contributed by atoms with E-state index >= 15 is 0 Å². The molecule has 0 aliphatic carbocycles. The Morgan fingerprint density at radius 1 is 1.11 bits per heavy atom. The first-order valence-corrected chi connectivity index (χ1v) is 9.27. The molecule has 0 radical (unpaired) electrons. The monoisotopic (exact) mass is 401 g/mol. The molecule has 6 nitrogen and oxygen atoms in total. The molecular weight excluding hydrogens is 378 g/mol. The summed E-state index contributed by atoms with van der Waals surface area (Å²) in [5.74, 6) is -0.335. The molecule has 0 atom stereocenters. The average molecular weight is 402 g/mol. The van der Waals surface area contributed by atoms with Crippen LogP contribution in [0.25, 0.3) is 0 Å². The Morgan fingerprint density at radius 3 is 2.54 bits per heavy atom. The molecule has 2 rings (SSSR count). The van der Waals surface area contributed by atoms with Crippen molar-refractivity contribution in [2.75, 3.05) is 5.32 Å². The largest absolute Gasteiger partial charge is 0.490 e. The summed E-state index contributed by atoms with van der Waals surface area (Å²) in [5.41, 5.74) is 5.81. The number of anilines is 1. The van der Waals surface area contributed by atoms with Crippen molar-refractivity contribution in [1.29, 1.82) is 0 Å². The van der Waals surface area contributed by atoms with Crippen molar-refractivity contribution in [3.05, 3.63) is 58.1 Å². The van der Waals surface area contributed by atoms with Gasteiger partial charge in [0.05, 0.1) is 12.3 Å². The number of carbonyl (C=O) groups excluding carboxylic acids is 2. The molecule has 2 aromatic rings. The van der Waals surface area contributed by atoms with E-state index in [2.05, 4.69) is 15.8 Å². The molecule has 0 saturated heterocycles. The first-order chi connectivity index (χ1) is 13.2. The van der Waals surface area contributed by atoms with Crippen molar-refractivity contribution in [2.24, 2.45) is 5.10 Å². The first-order valence-electron chi connectivity index (χ1n) is 8.90. The number of hydrogen-bond acceptors (Lipinski definition) is 4. The maximum atomic E-state index is 12.0. The number of rotatable bonds is 7. The second kappa shape index (κ2) is 9.90. The van der Waals surface area contributed by atoms with Gasteiger partial charge in [0, 0.05) is 16.3 Å². The number of ether oxygens (including phenoxy) is 1. The van der Waals surface area contributed by atoms with E-state index < -0.39 is 11.8 Å². The van der Waals surface area contributed by atoms with Gasteiger partial charge >= 0.3 is 0 Å². The number of nitrogens with zero attached hydrogens (tertiary/aromatic N) is 1. The number of hydrogen-bond donors (Lipinski definition) is 2. The molecule has 0 spiro atoms. The Kier molecular flexibility index (Phi) is 7.58. The van der Waals surface area contributed by atoms with Gasteiger partial charge in [-0.15, -0.1) is 0 Å². The van der Waals surface area contributed by atoms with Crippen LogP contribution in [0, 0.1) is 13.8 Å². The number of halogens is 1. The van der Waals surface area contributed by atoms with Crippen molar-refractivity contribution >= 4 is 35.3 Å². The predicted octanol–water partition coefficient (Wildman–Crippen LogP) is 4.22. The lowest BCUT2D eigenvalue weighted by atomic mass is 10.1. The second-order valence-electron chi connectivity index (χ2n) is 6.67. The first kappa shape index (κ1) is 21.4. The lowest BCUT2D eigenvalue weighted by molar-refractivity contribution is -0.126. The summed E-state index contributed by atoms with van der Waals surface area (Å²) in [5, 5.41) is 7.12. The van der Waals surface area contributed by atoms with E-state index in [-0.39, 0.29) is 12.5 Å². The van der Waals surface area contributed by atoms with Crippen LogP contribution in [-0.4, -0.2) is 24.1 Å². The maximum Gasteiger partial charge on any atom is 0.249 e. The Balaban J connectivity index is 1.92. The van der Waals surface area contributed by atoms with Crippen LogP contribution in [0.5, 0.6) is 5.75 Å². The molecule has 0 fully saturated rings. The fourth-order valence-electron chi connectivity index (χ4n) is 2.36. The minimum Gasteiger partial charge on any atom is -0.490 e. The minimum atomic E-state index is -0.522. The molecule has 0 saturated carbocycles. The van der Waals surface area contributed by atoms with Crippen LogP contribution in [0.2, 0.25) is 5.02 Å². The van der Waals surface area contributed by atoms with Gasteiger partial charge in [0.1, 0.15) is 12.2 Å². The summed E-state index contributed by atoms with van der Waals surface area (Å²) in [4.78, 5) is 24.0. The van der Waals surface area contributed by atoms with Crippen LogP contribution in [0.4, 0.5) is 5.69 Å². The van der Waals surface area contributed by atoms with Crippen molar-refractivity contribution in [3.8, 4) is 5.75 Å². The average Bonchev–Trinajstić information content (AvgIpc) is 2.60. The lowest BCUT2D eigenvalue weighted by Gasteiger charge is -2.12. The van der Waals surface area contributed by atoms with E-state index in [9.17, 15) is 9.59 Å². The van der Waals surface area contributed by atoms with E-state index in [4.69, 9.17) is 16.3 Å². The van der Waals surface area contributed by atoms with E-state index in [0.717, 1.165) is 11.1 Å². The smallest absolute Gasteiger partial charge is 0.249 e. The Hall–Kier alpha value is -2.86. The van der Waals surface area contributed by atoms with Crippen LogP contribution in [0.1, 0.15) is 37.0 Å². The number of aryl methyl sites for hydroxylation is 2. The third kappa shape index (κ3) is 6.70. The lowest BCUT2D eigenvalue weighted by Crippen LogP contribution is -2.24. The molecule has 2 N–H and O–H groups in total. The molecule has 28 heavy (non-hydrogen) atoms. The third-order valence-corrected chi connectivity index (χ3v) is 4.07. The zero-order valence-electron chi connectivity index (χ0n) is 16.4. The Labute approximate surface area is 169 Å². The highest BCUT2D eigenvalue weighted by Gasteiger charge is 2.10. The summed E-state index contributed by atoms with van der Waals surface area (Å²) in [7, 11) is 0. The molecule has 0 bridgehead atoms. The van der Waals surface area contributed by atoms with Crippen molar-refractivity contribution in [3.63, 3.8) is 0 Å². The molecule has 0 unspecified atom stereocenters. The predicted molar refractivity (Wildman–Crippen MR) is 112 cm³/mol. The van der Waals surface area contributed by atoms with Gasteiger partial charge in [-0.05, 0) is 69.2 Å². The highest BCUT2D eigenvalue weighted by Crippen LogP contribution is 2.22. The molecule has 0 aromatic heterocycles. The maximum absolute atomic E-state index is 12.0. The zero-order valence-corrected chi connectivity index (χ0v) is 17.1. The standard InChI is InChI=1S/C21H24ClN3O3/c1-13(2)28-19-8-6-17(22)10-16(19)12-23-25-21(27)11-20(26)24-18-7-5-14(3)15(4)9-18/h5-10,12-13H,11H2,1-4H3,(H,24,26)(H,25,27). The fraction of sp³-hybridized carbons (Fsp3) is 0.286. The summed E-state index contributed by atoms with van der Waals surface area (Å²) >= 11 is 6.00. The van der Waals surface area contributed by atoms with Crippen LogP contribution in [0.3, 0.4) is 0 Å².